The first-order valence-corrected chi connectivity index (χ1v) is 8.31. The zero-order valence-electron chi connectivity index (χ0n) is 15.2. The second kappa shape index (κ2) is 7.57. The molecule has 0 saturated carbocycles. The van der Waals surface area contributed by atoms with Crippen LogP contribution >= 0.6 is 0 Å². The second-order valence-electron chi connectivity index (χ2n) is 6.26. The van der Waals surface area contributed by atoms with Crippen LogP contribution in [-0.4, -0.2) is 16.7 Å². The first-order chi connectivity index (χ1) is 12.9. The fourth-order valence-corrected chi connectivity index (χ4v) is 2.74. The van der Waals surface area contributed by atoms with Crippen LogP contribution in [0.25, 0.3) is 0 Å². The Morgan fingerprint density at radius 3 is 2.56 bits per heavy atom. The number of methoxy groups -OCH3 is 1. The Kier molecular flexibility index (Phi) is 5.21. The van der Waals surface area contributed by atoms with Crippen molar-refractivity contribution in [3.63, 3.8) is 0 Å². The summed E-state index contributed by atoms with van der Waals surface area (Å²) in [4.78, 5) is 16.1. The number of benzene rings is 2. The van der Waals surface area contributed by atoms with Gasteiger partial charge in [-0.1, -0.05) is 23.8 Å². The molecule has 0 saturated heterocycles. The van der Waals surface area contributed by atoms with E-state index in [-0.39, 0.29) is 18.2 Å². The van der Waals surface area contributed by atoms with Gasteiger partial charge in [-0.15, -0.1) is 0 Å². The SMILES string of the molecule is COc1cn(Cc2ccc(F)c(F)c2)c(Nc2ccc(C)cc2C)nc1=O. The van der Waals surface area contributed by atoms with E-state index in [1.54, 1.807) is 4.57 Å². The largest absolute Gasteiger partial charge is 0.490 e. The summed E-state index contributed by atoms with van der Waals surface area (Å²) in [5.41, 5.74) is 2.88. The number of ether oxygens (including phenoxy) is 1. The minimum absolute atomic E-state index is 0.0590. The molecule has 3 aromatic rings. The van der Waals surface area contributed by atoms with Gasteiger partial charge in [-0.2, -0.15) is 4.98 Å². The summed E-state index contributed by atoms with van der Waals surface area (Å²) in [5.74, 6) is -1.51. The zero-order chi connectivity index (χ0) is 19.6. The van der Waals surface area contributed by atoms with Crippen LogP contribution < -0.4 is 15.6 Å². The summed E-state index contributed by atoms with van der Waals surface area (Å²) in [6, 6.07) is 9.49. The topological polar surface area (TPSA) is 56.1 Å². The van der Waals surface area contributed by atoms with Gasteiger partial charge in [0.25, 0.3) is 0 Å². The molecule has 1 N–H and O–H groups in total. The van der Waals surface area contributed by atoms with Crippen LogP contribution in [0.15, 0.2) is 47.4 Å². The number of aryl methyl sites for hydroxylation is 2. The molecular formula is C20H19F2N3O2. The molecule has 27 heavy (non-hydrogen) atoms. The van der Waals surface area contributed by atoms with E-state index in [1.165, 1.54) is 19.4 Å². The van der Waals surface area contributed by atoms with Crippen molar-refractivity contribution in [3.05, 3.63) is 81.3 Å². The van der Waals surface area contributed by atoms with Crippen molar-refractivity contribution >= 4 is 11.6 Å². The third-order valence-electron chi connectivity index (χ3n) is 4.15. The van der Waals surface area contributed by atoms with Gasteiger partial charge in [-0.25, -0.2) is 8.78 Å². The van der Waals surface area contributed by atoms with E-state index in [2.05, 4.69) is 10.3 Å². The molecule has 0 spiro atoms. The van der Waals surface area contributed by atoms with Gasteiger partial charge in [0.2, 0.25) is 11.7 Å². The fraction of sp³-hybridized carbons (Fsp3) is 0.200. The summed E-state index contributed by atoms with van der Waals surface area (Å²) in [7, 11) is 1.37. The van der Waals surface area contributed by atoms with Gasteiger partial charge in [-0.3, -0.25) is 4.79 Å². The summed E-state index contributed by atoms with van der Waals surface area (Å²) < 4.78 is 33.4. The van der Waals surface area contributed by atoms with Gasteiger partial charge in [0.15, 0.2) is 11.6 Å². The van der Waals surface area contributed by atoms with Gasteiger partial charge in [0.05, 0.1) is 19.9 Å². The molecule has 1 heterocycles. The maximum Gasteiger partial charge on any atom is 0.316 e. The highest BCUT2D eigenvalue weighted by molar-refractivity contribution is 5.59. The first-order valence-electron chi connectivity index (χ1n) is 8.31. The summed E-state index contributed by atoms with van der Waals surface area (Å²) in [5, 5.41) is 3.13. The van der Waals surface area contributed by atoms with Crippen molar-refractivity contribution in [3.8, 4) is 5.75 Å². The predicted molar refractivity (Wildman–Crippen MR) is 99.7 cm³/mol. The van der Waals surface area contributed by atoms with Crippen LogP contribution in [0.4, 0.5) is 20.4 Å². The molecule has 7 heteroatoms. The van der Waals surface area contributed by atoms with E-state index in [1.807, 2.05) is 32.0 Å². The van der Waals surface area contributed by atoms with Crippen molar-refractivity contribution in [2.75, 3.05) is 12.4 Å². The van der Waals surface area contributed by atoms with Crippen LogP contribution in [0, 0.1) is 25.5 Å². The van der Waals surface area contributed by atoms with Crippen molar-refractivity contribution in [2.45, 2.75) is 20.4 Å². The molecule has 0 fully saturated rings. The molecule has 2 aromatic carbocycles. The Morgan fingerprint density at radius 1 is 1.11 bits per heavy atom. The smallest absolute Gasteiger partial charge is 0.316 e. The lowest BCUT2D eigenvalue weighted by atomic mass is 10.1. The highest BCUT2D eigenvalue weighted by atomic mass is 19.2. The molecule has 0 aliphatic rings. The Hall–Kier alpha value is -3.22. The number of hydrogen-bond donors (Lipinski definition) is 1. The molecule has 0 radical (unpaired) electrons. The summed E-state index contributed by atoms with van der Waals surface area (Å²) in [6.07, 6.45) is 1.49. The maximum atomic E-state index is 13.5. The molecule has 3 rings (SSSR count). The lowest BCUT2D eigenvalue weighted by molar-refractivity contribution is 0.402. The minimum Gasteiger partial charge on any atom is -0.490 e. The number of halogens is 2. The predicted octanol–water partition coefficient (Wildman–Crippen LogP) is 3.94. The zero-order valence-corrected chi connectivity index (χ0v) is 15.2. The van der Waals surface area contributed by atoms with E-state index < -0.39 is 17.2 Å². The average molecular weight is 371 g/mol. The molecule has 1 aromatic heterocycles. The Balaban J connectivity index is 2.02. The van der Waals surface area contributed by atoms with Gasteiger partial charge < -0.3 is 14.6 Å². The van der Waals surface area contributed by atoms with Crippen LogP contribution in [0.3, 0.4) is 0 Å². The second-order valence-corrected chi connectivity index (χ2v) is 6.26. The van der Waals surface area contributed by atoms with Crippen LogP contribution in [0.1, 0.15) is 16.7 Å². The number of hydrogen-bond acceptors (Lipinski definition) is 4. The van der Waals surface area contributed by atoms with E-state index in [9.17, 15) is 13.6 Å². The van der Waals surface area contributed by atoms with E-state index in [4.69, 9.17) is 4.74 Å². The van der Waals surface area contributed by atoms with Crippen molar-refractivity contribution in [1.29, 1.82) is 0 Å². The number of rotatable bonds is 5. The molecule has 0 bridgehead atoms. The van der Waals surface area contributed by atoms with Gasteiger partial charge in [0.1, 0.15) is 0 Å². The van der Waals surface area contributed by atoms with Gasteiger partial charge >= 0.3 is 5.56 Å². The third-order valence-corrected chi connectivity index (χ3v) is 4.15. The Morgan fingerprint density at radius 2 is 1.89 bits per heavy atom. The first kappa shape index (κ1) is 18.6. The molecule has 0 aliphatic heterocycles. The number of aromatic nitrogens is 2. The van der Waals surface area contributed by atoms with Crippen LogP contribution in [-0.2, 0) is 6.54 Å². The quantitative estimate of drug-likeness (QED) is 0.738. The molecule has 0 amide bonds. The standard InChI is InChI=1S/C20H19F2N3O2/c1-12-4-7-17(13(2)8-12)23-20-24-19(26)18(27-3)11-25(20)10-14-5-6-15(21)16(22)9-14/h4-9,11H,10H2,1-3H3,(H,23,24,26). The van der Waals surface area contributed by atoms with E-state index in [0.29, 0.717) is 5.56 Å². The fourth-order valence-electron chi connectivity index (χ4n) is 2.74. The molecule has 140 valence electrons. The molecule has 0 aliphatic carbocycles. The van der Waals surface area contributed by atoms with E-state index >= 15 is 0 Å². The lowest BCUT2D eigenvalue weighted by Crippen LogP contribution is -2.19. The van der Waals surface area contributed by atoms with Crippen LogP contribution in [0.5, 0.6) is 5.75 Å². The normalized spacial score (nSPS) is 10.7. The molecular weight excluding hydrogens is 352 g/mol. The summed E-state index contributed by atoms with van der Waals surface area (Å²) >= 11 is 0. The Bertz CT molecular complexity index is 1050. The van der Waals surface area contributed by atoms with Crippen molar-refractivity contribution < 1.29 is 13.5 Å². The third kappa shape index (κ3) is 4.13. The maximum absolute atomic E-state index is 13.5. The number of anilines is 2. The van der Waals surface area contributed by atoms with Crippen molar-refractivity contribution in [2.24, 2.45) is 0 Å². The molecule has 5 nitrogen and oxygen atoms in total. The van der Waals surface area contributed by atoms with Crippen LogP contribution in [0.2, 0.25) is 0 Å². The average Bonchev–Trinajstić information content (AvgIpc) is 2.62. The molecule has 0 unspecified atom stereocenters. The number of nitrogens with zero attached hydrogens (tertiary/aromatic N) is 2. The Labute approximate surface area is 155 Å². The monoisotopic (exact) mass is 371 g/mol. The van der Waals surface area contributed by atoms with Crippen molar-refractivity contribution in [1.82, 2.24) is 9.55 Å². The highest BCUT2D eigenvalue weighted by Crippen LogP contribution is 2.22. The minimum atomic E-state index is -0.933. The summed E-state index contributed by atoms with van der Waals surface area (Å²) in [6.45, 7) is 4.10. The lowest BCUT2D eigenvalue weighted by Gasteiger charge is -2.16. The highest BCUT2D eigenvalue weighted by Gasteiger charge is 2.12. The van der Waals surface area contributed by atoms with E-state index in [0.717, 1.165) is 28.9 Å². The van der Waals surface area contributed by atoms with Gasteiger partial charge in [-0.05, 0) is 43.2 Å². The number of nitrogens with one attached hydrogen (secondary N) is 1. The molecule has 0 atom stereocenters. The van der Waals surface area contributed by atoms with Gasteiger partial charge in [0, 0.05) is 5.69 Å².